The van der Waals surface area contributed by atoms with Gasteiger partial charge in [0.1, 0.15) is 5.76 Å². The van der Waals surface area contributed by atoms with Crippen molar-refractivity contribution in [2.45, 2.75) is 52.1 Å². The van der Waals surface area contributed by atoms with E-state index in [0.717, 1.165) is 28.4 Å². The summed E-state index contributed by atoms with van der Waals surface area (Å²) < 4.78 is 13.3. The average molecular weight is 405 g/mol. The Labute approximate surface area is 159 Å². The van der Waals surface area contributed by atoms with Gasteiger partial charge in [-0.25, -0.2) is 0 Å². The number of carbonyl (C=O) groups is 1. The number of rotatable bonds is 5. The number of hydrogen-bond acceptors (Lipinski definition) is 3. The van der Waals surface area contributed by atoms with E-state index < -0.39 is 23.7 Å². The summed E-state index contributed by atoms with van der Waals surface area (Å²) in [5.41, 5.74) is 1.13. The minimum atomic E-state index is -2.37. The first-order valence-corrected chi connectivity index (χ1v) is 17.8. The smallest absolute Gasteiger partial charge is 0.242 e. The highest BCUT2D eigenvalue weighted by Crippen LogP contribution is 2.62. The molecule has 0 spiro atoms. The van der Waals surface area contributed by atoms with Gasteiger partial charge in [0, 0.05) is 22.8 Å². The van der Waals surface area contributed by atoms with E-state index in [1.807, 2.05) is 18.2 Å². The molecule has 3 nitrogen and oxygen atoms in total. The molecule has 0 bridgehead atoms. The molecule has 0 fully saturated rings. The number of ketones is 1. The quantitative estimate of drug-likeness (QED) is 0.496. The van der Waals surface area contributed by atoms with Gasteiger partial charge >= 0.3 is 0 Å². The zero-order valence-corrected chi connectivity index (χ0v) is 19.5. The molecule has 0 saturated carbocycles. The fraction of sp³-hybridized carbons (Fsp3) is 0.400. The van der Waals surface area contributed by atoms with Crippen molar-refractivity contribution in [3.05, 3.63) is 53.1 Å². The van der Waals surface area contributed by atoms with Gasteiger partial charge in [-0.1, -0.05) is 30.3 Å². The molecule has 1 aromatic carbocycles. The molecule has 1 atom stereocenters. The van der Waals surface area contributed by atoms with E-state index in [1.54, 1.807) is 0 Å². The maximum Gasteiger partial charge on any atom is 0.242 e. The standard InChI is InChI=1S/C20H29O3PSi2/c1-25(2,3)22-17-14-16-12-13-19(21)20(16)24(15-17,23-26(4,5)6)18-10-8-7-9-11-18/h7-11,14-15H,12-13H2,1-6H3. The molecule has 1 aromatic rings. The summed E-state index contributed by atoms with van der Waals surface area (Å²) in [6.45, 7) is 13.2. The molecule has 0 radical (unpaired) electrons. The summed E-state index contributed by atoms with van der Waals surface area (Å²) in [5.74, 6) is 3.31. The van der Waals surface area contributed by atoms with Crippen molar-refractivity contribution < 1.29 is 13.4 Å². The Hall–Kier alpha value is -1.14. The van der Waals surface area contributed by atoms with Crippen LogP contribution in [0.2, 0.25) is 39.3 Å². The van der Waals surface area contributed by atoms with Crippen LogP contribution in [0.5, 0.6) is 0 Å². The molecule has 140 valence electrons. The van der Waals surface area contributed by atoms with Gasteiger partial charge in [-0.15, -0.1) is 0 Å². The molecule has 0 N–H and O–H groups in total. The molecule has 1 aliphatic heterocycles. The van der Waals surface area contributed by atoms with Crippen molar-refractivity contribution in [1.82, 2.24) is 0 Å². The molecular formula is C20H29O3PSi2. The third-order valence-electron chi connectivity index (χ3n) is 4.13. The molecule has 0 aromatic heterocycles. The molecule has 1 unspecified atom stereocenters. The molecule has 0 saturated heterocycles. The number of allylic oxidation sites excluding steroid dienone is 4. The van der Waals surface area contributed by atoms with Crippen LogP contribution in [0, 0.1) is 0 Å². The zero-order chi connectivity index (χ0) is 19.2. The lowest BCUT2D eigenvalue weighted by molar-refractivity contribution is -0.114. The molecule has 1 aliphatic carbocycles. The van der Waals surface area contributed by atoms with Crippen molar-refractivity contribution in [1.29, 1.82) is 0 Å². The van der Waals surface area contributed by atoms with Crippen LogP contribution < -0.4 is 5.30 Å². The Bertz CT molecular complexity index is 840. The van der Waals surface area contributed by atoms with Gasteiger partial charge in [0.15, 0.2) is 14.1 Å². The van der Waals surface area contributed by atoms with Crippen LogP contribution in [0.15, 0.2) is 53.1 Å². The van der Waals surface area contributed by atoms with Crippen LogP contribution in [0.1, 0.15) is 12.8 Å². The Balaban J connectivity index is 2.28. The summed E-state index contributed by atoms with van der Waals surface area (Å²) in [6.07, 6.45) is 3.47. The Morgan fingerprint density at radius 3 is 2.15 bits per heavy atom. The highest BCUT2D eigenvalue weighted by atomic mass is 31.2. The molecule has 0 amide bonds. The van der Waals surface area contributed by atoms with Crippen molar-refractivity contribution in [2.75, 3.05) is 0 Å². The minimum absolute atomic E-state index is 0.245. The van der Waals surface area contributed by atoms with Crippen LogP contribution in [0.3, 0.4) is 0 Å². The number of benzene rings is 1. The average Bonchev–Trinajstić information content (AvgIpc) is 2.86. The van der Waals surface area contributed by atoms with E-state index in [0.29, 0.717) is 6.42 Å². The first-order chi connectivity index (χ1) is 12.0. The maximum atomic E-state index is 12.9. The van der Waals surface area contributed by atoms with Gasteiger partial charge < -0.3 is 8.64 Å². The van der Waals surface area contributed by atoms with E-state index in [4.69, 9.17) is 8.64 Å². The number of Topliss-reactive ketones (excluding diaryl/α,β-unsaturated/α-hetero) is 1. The van der Waals surface area contributed by atoms with E-state index >= 15 is 0 Å². The number of carbonyl (C=O) groups excluding carboxylic acids is 1. The van der Waals surface area contributed by atoms with Gasteiger partial charge in [0.2, 0.25) is 8.32 Å². The highest BCUT2D eigenvalue weighted by molar-refractivity contribution is 7.83. The summed E-state index contributed by atoms with van der Waals surface area (Å²) in [7, 11) is -6.05. The summed E-state index contributed by atoms with van der Waals surface area (Å²) in [6, 6.07) is 10.3. The van der Waals surface area contributed by atoms with Gasteiger partial charge in [0.05, 0.1) is 7.11 Å². The van der Waals surface area contributed by atoms with Gasteiger partial charge in [-0.3, -0.25) is 4.79 Å². The third-order valence-corrected chi connectivity index (χ3v) is 11.2. The fourth-order valence-electron chi connectivity index (χ4n) is 3.48. The lowest BCUT2D eigenvalue weighted by Crippen LogP contribution is -2.31. The Morgan fingerprint density at radius 1 is 0.923 bits per heavy atom. The van der Waals surface area contributed by atoms with Crippen LogP contribution in [0.25, 0.3) is 0 Å². The number of hydrogen-bond donors (Lipinski definition) is 0. The first kappa shape index (κ1) is 19.6. The second-order valence-electron chi connectivity index (χ2n) is 8.88. The lowest BCUT2D eigenvalue weighted by atomic mass is 10.2. The Kier molecular flexibility index (Phi) is 5.12. The Morgan fingerprint density at radius 2 is 1.58 bits per heavy atom. The van der Waals surface area contributed by atoms with Crippen molar-refractivity contribution in [3.63, 3.8) is 0 Å². The van der Waals surface area contributed by atoms with Crippen LogP contribution in [0.4, 0.5) is 0 Å². The summed E-state index contributed by atoms with van der Waals surface area (Å²) >= 11 is 0. The fourth-order valence-corrected chi connectivity index (χ4v) is 11.6. The van der Waals surface area contributed by atoms with Crippen LogP contribution >= 0.6 is 7.11 Å². The monoisotopic (exact) mass is 404 g/mol. The van der Waals surface area contributed by atoms with E-state index in [9.17, 15) is 4.79 Å². The lowest BCUT2D eigenvalue weighted by Gasteiger charge is -2.37. The van der Waals surface area contributed by atoms with E-state index in [2.05, 4.69) is 63.3 Å². The summed E-state index contributed by atoms with van der Waals surface area (Å²) in [5, 5.41) is 2.05. The SMILES string of the molecule is C[Si](C)(C)OC1=CC2=C(C(=O)CC2)P(O[Si](C)(C)C)(c2ccccc2)=C1. The topological polar surface area (TPSA) is 35.5 Å². The molecule has 26 heavy (non-hydrogen) atoms. The predicted octanol–water partition coefficient (Wildman–Crippen LogP) is 5.26. The van der Waals surface area contributed by atoms with Crippen LogP contribution in [-0.2, 0) is 13.4 Å². The van der Waals surface area contributed by atoms with Crippen molar-refractivity contribution >= 4 is 40.6 Å². The maximum absolute atomic E-state index is 12.9. The third kappa shape index (κ3) is 4.06. The van der Waals surface area contributed by atoms with Crippen LogP contribution in [-0.4, -0.2) is 28.2 Å². The normalized spacial score (nSPS) is 23.5. The minimum Gasteiger partial charge on any atom is -0.544 e. The van der Waals surface area contributed by atoms with E-state index in [1.165, 1.54) is 0 Å². The molecule has 2 aliphatic rings. The highest BCUT2D eigenvalue weighted by Gasteiger charge is 2.41. The zero-order valence-electron chi connectivity index (χ0n) is 16.6. The largest absolute Gasteiger partial charge is 0.544 e. The summed E-state index contributed by atoms with van der Waals surface area (Å²) in [4.78, 5) is 12.9. The van der Waals surface area contributed by atoms with E-state index in [-0.39, 0.29) is 5.78 Å². The first-order valence-electron chi connectivity index (χ1n) is 9.19. The van der Waals surface area contributed by atoms with Gasteiger partial charge in [0.25, 0.3) is 0 Å². The van der Waals surface area contributed by atoms with Crippen molar-refractivity contribution in [2.24, 2.45) is 0 Å². The second kappa shape index (κ2) is 6.79. The molecule has 1 heterocycles. The van der Waals surface area contributed by atoms with Gasteiger partial charge in [-0.05, 0) is 57.4 Å². The predicted molar refractivity (Wildman–Crippen MR) is 117 cm³/mol. The molecular weight excluding hydrogens is 375 g/mol. The van der Waals surface area contributed by atoms with Gasteiger partial charge in [-0.2, -0.15) is 0 Å². The second-order valence-corrected chi connectivity index (χ2v) is 20.8. The van der Waals surface area contributed by atoms with Crippen molar-refractivity contribution in [3.8, 4) is 0 Å². The molecule has 3 rings (SSSR count). The molecule has 6 heteroatoms.